The van der Waals surface area contributed by atoms with Gasteiger partial charge < -0.3 is 14.9 Å². The second-order valence-electron chi connectivity index (χ2n) is 7.57. The first-order valence-corrected chi connectivity index (χ1v) is 9.86. The molecule has 6 nitrogen and oxygen atoms in total. The molecule has 0 saturated carbocycles. The second-order valence-corrected chi connectivity index (χ2v) is 8.00. The summed E-state index contributed by atoms with van der Waals surface area (Å²) >= 11 is 6.04. The molecule has 0 fully saturated rings. The quantitative estimate of drug-likeness (QED) is 0.590. The van der Waals surface area contributed by atoms with E-state index in [1.165, 1.54) is 18.3 Å². The minimum Gasteiger partial charge on any atom is -0.453 e. The van der Waals surface area contributed by atoms with Crippen LogP contribution < -0.4 is 10.1 Å². The fourth-order valence-electron chi connectivity index (χ4n) is 3.21. The monoisotopic (exact) mass is 444 g/mol. The third-order valence-electron chi connectivity index (χ3n) is 4.75. The average molecular weight is 445 g/mol. The Morgan fingerprint density at radius 1 is 1.16 bits per heavy atom. The number of halogens is 3. The normalized spacial score (nSPS) is 17.4. The van der Waals surface area contributed by atoms with Crippen molar-refractivity contribution in [2.24, 2.45) is 5.16 Å². The zero-order chi connectivity index (χ0) is 22.2. The zero-order valence-corrected chi connectivity index (χ0v) is 17.7. The molecule has 2 heterocycles. The molecule has 1 atom stereocenters. The molecule has 0 bridgehead atoms. The molecule has 31 heavy (non-hydrogen) atoms. The molecule has 0 spiro atoms. The van der Waals surface area contributed by atoms with Crippen molar-refractivity contribution < 1.29 is 18.4 Å². The van der Waals surface area contributed by atoms with Crippen LogP contribution in [0.5, 0.6) is 11.5 Å². The Balaban J connectivity index is 1.72. The molecular weight excluding hydrogens is 426 g/mol. The van der Waals surface area contributed by atoms with Gasteiger partial charge in [0, 0.05) is 16.7 Å². The van der Waals surface area contributed by atoms with E-state index in [0.717, 1.165) is 6.07 Å². The number of rotatable bonds is 4. The summed E-state index contributed by atoms with van der Waals surface area (Å²) < 4.78 is 33.9. The van der Waals surface area contributed by atoms with Gasteiger partial charge in [0.05, 0.1) is 12.2 Å². The van der Waals surface area contributed by atoms with E-state index in [2.05, 4.69) is 20.4 Å². The highest BCUT2D eigenvalue weighted by Gasteiger charge is 2.40. The van der Waals surface area contributed by atoms with E-state index in [4.69, 9.17) is 21.2 Å². The number of amidine groups is 1. The Bertz CT molecular complexity index is 1170. The van der Waals surface area contributed by atoms with Crippen molar-refractivity contribution in [2.75, 3.05) is 0 Å². The summed E-state index contributed by atoms with van der Waals surface area (Å²) in [7, 11) is 0. The van der Waals surface area contributed by atoms with Crippen molar-refractivity contribution in [3.8, 4) is 11.5 Å². The topological polar surface area (TPSA) is 68.6 Å². The third kappa shape index (κ3) is 4.44. The van der Waals surface area contributed by atoms with Gasteiger partial charge in [-0.3, -0.25) is 0 Å². The molecule has 3 aromatic rings. The Morgan fingerprint density at radius 2 is 1.97 bits per heavy atom. The van der Waals surface area contributed by atoms with Crippen LogP contribution in [0, 0.1) is 18.6 Å². The van der Waals surface area contributed by atoms with Gasteiger partial charge in [-0.15, -0.1) is 0 Å². The van der Waals surface area contributed by atoms with Crippen LogP contribution in [0.3, 0.4) is 0 Å². The van der Waals surface area contributed by atoms with Gasteiger partial charge in [0.15, 0.2) is 22.9 Å². The Labute approximate surface area is 182 Å². The van der Waals surface area contributed by atoms with Gasteiger partial charge >= 0.3 is 0 Å². The van der Waals surface area contributed by atoms with Gasteiger partial charge in [-0.05, 0) is 45.0 Å². The number of aryl methyl sites for hydroxylation is 1. The lowest BCUT2D eigenvalue weighted by atomic mass is 9.90. The van der Waals surface area contributed by atoms with E-state index in [-0.39, 0.29) is 11.4 Å². The SMILES string of the molecule is Cc1ncc(Oc2cccc(Cl)c2)c(C2=NOC(C)(C)[C@@H](c3ccc(F)cc3F)N2)n1. The van der Waals surface area contributed by atoms with E-state index in [9.17, 15) is 8.78 Å². The molecule has 0 saturated heterocycles. The van der Waals surface area contributed by atoms with E-state index >= 15 is 0 Å². The summed E-state index contributed by atoms with van der Waals surface area (Å²) in [5.74, 6) is 0.154. The molecule has 9 heteroatoms. The summed E-state index contributed by atoms with van der Waals surface area (Å²) in [6.45, 7) is 5.22. The summed E-state index contributed by atoms with van der Waals surface area (Å²) in [4.78, 5) is 14.3. The van der Waals surface area contributed by atoms with Gasteiger partial charge in [-0.1, -0.05) is 28.9 Å². The Hall–Kier alpha value is -3.26. The van der Waals surface area contributed by atoms with Crippen LogP contribution in [0.15, 0.2) is 53.8 Å². The molecule has 2 aromatic carbocycles. The maximum atomic E-state index is 14.5. The van der Waals surface area contributed by atoms with E-state index < -0.39 is 23.3 Å². The van der Waals surface area contributed by atoms with Crippen LogP contribution in [-0.2, 0) is 4.84 Å². The van der Waals surface area contributed by atoms with Crippen molar-refractivity contribution in [3.63, 3.8) is 0 Å². The number of benzene rings is 2. The van der Waals surface area contributed by atoms with Crippen LogP contribution in [-0.4, -0.2) is 21.4 Å². The zero-order valence-electron chi connectivity index (χ0n) is 17.0. The summed E-state index contributed by atoms with van der Waals surface area (Å²) in [5.41, 5.74) is -0.351. The molecule has 0 amide bonds. The molecular formula is C22H19ClF2N4O2. The molecule has 0 radical (unpaired) electrons. The molecule has 1 N–H and O–H groups in total. The predicted octanol–water partition coefficient (Wildman–Crippen LogP) is 5.31. The van der Waals surface area contributed by atoms with Crippen molar-refractivity contribution >= 4 is 17.4 Å². The Kier molecular flexibility index (Phi) is 5.49. The van der Waals surface area contributed by atoms with Crippen molar-refractivity contribution in [1.29, 1.82) is 0 Å². The van der Waals surface area contributed by atoms with Gasteiger partial charge in [0.1, 0.15) is 23.2 Å². The smallest absolute Gasteiger partial charge is 0.196 e. The van der Waals surface area contributed by atoms with Crippen LogP contribution in [0.4, 0.5) is 8.78 Å². The molecule has 1 aromatic heterocycles. The number of hydrogen-bond acceptors (Lipinski definition) is 6. The fourth-order valence-corrected chi connectivity index (χ4v) is 3.39. The Morgan fingerprint density at radius 3 is 2.71 bits per heavy atom. The molecule has 0 aliphatic carbocycles. The molecule has 1 aliphatic heterocycles. The highest BCUT2D eigenvalue weighted by molar-refractivity contribution is 6.30. The largest absolute Gasteiger partial charge is 0.453 e. The number of ether oxygens (including phenoxy) is 1. The summed E-state index contributed by atoms with van der Waals surface area (Å²) in [6.07, 6.45) is 1.51. The van der Waals surface area contributed by atoms with E-state index in [1.807, 2.05) is 0 Å². The maximum Gasteiger partial charge on any atom is 0.196 e. The number of nitrogens with one attached hydrogen (secondary N) is 1. The molecule has 0 unspecified atom stereocenters. The lowest BCUT2D eigenvalue weighted by molar-refractivity contribution is -0.0519. The first kappa shape index (κ1) is 21.0. The number of oxime groups is 1. The highest BCUT2D eigenvalue weighted by Crippen LogP contribution is 2.35. The van der Waals surface area contributed by atoms with Crippen LogP contribution >= 0.6 is 11.6 Å². The van der Waals surface area contributed by atoms with E-state index in [1.54, 1.807) is 45.0 Å². The molecule has 1 aliphatic rings. The van der Waals surface area contributed by atoms with Gasteiger partial charge in [-0.2, -0.15) is 0 Å². The number of nitrogens with zero attached hydrogens (tertiary/aromatic N) is 3. The average Bonchev–Trinajstić information content (AvgIpc) is 2.70. The fraction of sp³-hybridized carbons (Fsp3) is 0.227. The number of hydrogen-bond donors (Lipinski definition) is 1. The van der Waals surface area contributed by atoms with Gasteiger partial charge in [0.2, 0.25) is 0 Å². The van der Waals surface area contributed by atoms with E-state index in [0.29, 0.717) is 28.0 Å². The standard InChI is InChI=1S/C22H19ClF2N4O2/c1-12-26-11-18(30-15-6-4-5-13(23)9-15)19(27-12)21-28-20(22(2,3)31-29-21)16-8-7-14(24)10-17(16)25/h4-11,20H,1-3H3,(H,28,29)/t20-/m1/s1. The first-order chi connectivity index (χ1) is 14.7. The molecule has 160 valence electrons. The van der Waals surface area contributed by atoms with Crippen LogP contribution in [0.2, 0.25) is 5.02 Å². The minimum absolute atomic E-state index is 0.232. The van der Waals surface area contributed by atoms with Gasteiger partial charge in [-0.25, -0.2) is 18.7 Å². The van der Waals surface area contributed by atoms with Crippen LogP contribution in [0.25, 0.3) is 0 Å². The van der Waals surface area contributed by atoms with Crippen LogP contribution in [0.1, 0.15) is 37.0 Å². The van der Waals surface area contributed by atoms with Crippen molar-refractivity contribution in [3.05, 3.63) is 82.4 Å². The number of aromatic nitrogens is 2. The second kappa shape index (κ2) is 8.11. The molecule has 4 rings (SSSR count). The minimum atomic E-state index is -0.918. The lowest BCUT2D eigenvalue weighted by Crippen LogP contribution is -2.48. The third-order valence-corrected chi connectivity index (χ3v) is 4.98. The predicted molar refractivity (Wildman–Crippen MR) is 112 cm³/mol. The van der Waals surface area contributed by atoms with Crippen molar-refractivity contribution in [2.45, 2.75) is 32.4 Å². The summed E-state index contributed by atoms with van der Waals surface area (Å²) in [5, 5.41) is 7.83. The summed E-state index contributed by atoms with van der Waals surface area (Å²) in [6, 6.07) is 9.61. The lowest BCUT2D eigenvalue weighted by Gasteiger charge is -2.37. The first-order valence-electron chi connectivity index (χ1n) is 9.48. The van der Waals surface area contributed by atoms with Crippen molar-refractivity contribution in [1.82, 2.24) is 15.3 Å². The van der Waals surface area contributed by atoms with Gasteiger partial charge in [0.25, 0.3) is 0 Å². The highest BCUT2D eigenvalue weighted by atomic mass is 35.5. The maximum absolute atomic E-state index is 14.5.